The molecule has 18 heavy (non-hydrogen) atoms. The molecular weight excluding hydrogens is 222 g/mol. The Kier molecular flexibility index (Phi) is 4.08. The maximum absolute atomic E-state index is 5.71. The van der Waals surface area contributed by atoms with Crippen molar-refractivity contribution in [2.45, 2.75) is 71.9 Å². The molecule has 2 rings (SSSR count). The molecule has 106 valence electrons. The van der Waals surface area contributed by atoms with E-state index in [1.165, 1.54) is 32.1 Å². The SMILES string of the molecule is CNC(CCCC1CCCO1)C1C(C)(C)C1(C)C. The standard InChI is InChI=1S/C16H31NO/c1-15(2)14(16(15,3)4)13(17-5)10-6-8-12-9-7-11-18-12/h12-14,17H,6-11H2,1-5H3. The molecule has 0 aromatic carbocycles. The van der Waals surface area contributed by atoms with E-state index in [2.05, 4.69) is 40.1 Å². The highest BCUT2D eigenvalue weighted by Gasteiger charge is 2.66. The summed E-state index contributed by atoms with van der Waals surface area (Å²) >= 11 is 0. The highest BCUT2D eigenvalue weighted by atomic mass is 16.5. The van der Waals surface area contributed by atoms with Gasteiger partial charge in [0, 0.05) is 12.6 Å². The lowest BCUT2D eigenvalue weighted by Crippen LogP contribution is -2.30. The zero-order chi connectivity index (χ0) is 13.4. The molecule has 2 fully saturated rings. The lowest BCUT2D eigenvalue weighted by Gasteiger charge is -2.19. The topological polar surface area (TPSA) is 21.3 Å². The van der Waals surface area contributed by atoms with Gasteiger partial charge in [0.05, 0.1) is 6.10 Å². The van der Waals surface area contributed by atoms with Crippen LogP contribution >= 0.6 is 0 Å². The van der Waals surface area contributed by atoms with Gasteiger partial charge in [-0.25, -0.2) is 0 Å². The molecule has 0 bridgehead atoms. The van der Waals surface area contributed by atoms with E-state index in [0.29, 0.717) is 23.0 Å². The Hall–Kier alpha value is -0.0800. The molecule has 1 saturated carbocycles. The van der Waals surface area contributed by atoms with Gasteiger partial charge in [0.15, 0.2) is 0 Å². The zero-order valence-corrected chi connectivity index (χ0v) is 12.9. The minimum Gasteiger partial charge on any atom is -0.378 e. The fourth-order valence-corrected chi connectivity index (χ4v) is 4.17. The smallest absolute Gasteiger partial charge is 0.0576 e. The summed E-state index contributed by atoms with van der Waals surface area (Å²) in [5, 5.41) is 3.56. The van der Waals surface area contributed by atoms with E-state index in [1.807, 2.05) is 0 Å². The monoisotopic (exact) mass is 253 g/mol. The van der Waals surface area contributed by atoms with Gasteiger partial charge in [-0.15, -0.1) is 0 Å². The van der Waals surface area contributed by atoms with Crippen LogP contribution in [0.25, 0.3) is 0 Å². The van der Waals surface area contributed by atoms with E-state index in [4.69, 9.17) is 4.74 Å². The third kappa shape index (κ3) is 2.46. The molecule has 0 amide bonds. The first kappa shape index (κ1) is 14.3. The van der Waals surface area contributed by atoms with Gasteiger partial charge in [0.25, 0.3) is 0 Å². The Morgan fingerprint density at radius 1 is 1.22 bits per heavy atom. The molecule has 0 radical (unpaired) electrons. The summed E-state index contributed by atoms with van der Waals surface area (Å²) in [6.07, 6.45) is 6.97. The van der Waals surface area contributed by atoms with Crippen LogP contribution in [-0.2, 0) is 4.74 Å². The molecule has 1 saturated heterocycles. The van der Waals surface area contributed by atoms with Crippen molar-refractivity contribution in [2.24, 2.45) is 16.7 Å². The van der Waals surface area contributed by atoms with Gasteiger partial charge in [-0.3, -0.25) is 0 Å². The van der Waals surface area contributed by atoms with Gasteiger partial charge in [0.2, 0.25) is 0 Å². The van der Waals surface area contributed by atoms with Gasteiger partial charge < -0.3 is 10.1 Å². The molecule has 1 heterocycles. The molecule has 0 spiro atoms. The van der Waals surface area contributed by atoms with Gasteiger partial charge >= 0.3 is 0 Å². The highest BCUT2D eigenvalue weighted by Crippen LogP contribution is 2.70. The Bertz CT molecular complexity index is 265. The Morgan fingerprint density at radius 2 is 1.89 bits per heavy atom. The van der Waals surface area contributed by atoms with Gasteiger partial charge in [-0.05, 0) is 55.9 Å². The first-order valence-corrected chi connectivity index (χ1v) is 7.70. The summed E-state index contributed by atoms with van der Waals surface area (Å²) in [4.78, 5) is 0. The average Bonchev–Trinajstić information content (AvgIpc) is 2.72. The maximum atomic E-state index is 5.71. The van der Waals surface area contributed by atoms with E-state index in [9.17, 15) is 0 Å². The molecule has 0 aromatic rings. The van der Waals surface area contributed by atoms with Crippen molar-refractivity contribution < 1.29 is 4.74 Å². The van der Waals surface area contributed by atoms with Gasteiger partial charge in [-0.2, -0.15) is 0 Å². The molecule has 2 atom stereocenters. The molecular formula is C16H31NO. The summed E-state index contributed by atoms with van der Waals surface area (Å²) in [5.74, 6) is 0.819. The van der Waals surface area contributed by atoms with Crippen molar-refractivity contribution in [3.05, 3.63) is 0 Å². The normalized spacial score (nSPS) is 31.5. The van der Waals surface area contributed by atoms with Crippen LogP contribution in [-0.4, -0.2) is 25.8 Å². The second kappa shape index (κ2) is 5.13. The minimum absolute atomic E-state index is 0.491. The number of hydrogen-bond acceptors (Lipinski definition) is 2. The number of nitrogens with one attached hydrogen (secondary N) is 1. The third-order valence-corrected chi connectivity index (χ3v) is 5.97. The predicted molar refractivity (Wildman–Crippen MR) is 76.7 cm³/mol. The minimum atomic E-state index is 0.491. The second-order valence-electron chi connectivity index (χ2n) is 7.38. The first-order valence-electron chi connectivity index (χ1n) is 7.70. The molecule has 1 aliphatic carbocycles. The zero-order valence-electron chi connectivity index (χ0n) is 12.9. The van der Waals surface area contributed by atoms with Crippen molar-refractivity contribution in [1.82, 2.24) is 5.32 Å². The molecule has 0 aromatic heterocycles. The number of ether oxygens (including phenoxy) is 1. The summed E-state index contributed by atoms with van der Waals surface area (Å²) < 4.78 is 5.71. The fraction of sp³-hybridized carbons (Fsp3) is 1.00. The van der Waals surface area contributed by atoms with E-state index >= 15 is 0 Å². The molecule has 1 N–H and O–H groups in total. The van der Waals surface area contributed by atoms with E-state index in [-0.39, 0.29) is 0 Å². The second-order valence-corrected chi connectivity index (χ2v) is 7.38. The highest BCUT2D eigenvalue weighted by molar-refractivity contribution is 5.16. The van der Waals surface area contributed by atoms with Crippen LogP contribution in [0.15, 0.2) is 0 Å². The third-order valence-electron chi connectivity index (χ3n) is 5.97. The lowest BCUT2D eigenvalue weighted by molar-refractivity contribution is 0.101. The van der Waals surface area contributed by atoms with Crippen LogP contribution in [0.5, 0.6) is 0 Å². The van der Waals surface area contributed by atoms with Crippen molar-refractivity contribution in [1.29, 1.82) is 0 Å². The van der Waals surface area contributed by atoms with Crippen LogP contribution in [0.4, 0.5) is 0 Å². The molecule has 1 aliphatic heterocycles. The average molecular weight is 253 g/mol. The van der Waals surface area contributed by atoms with Crippen LogP contribution in [0.1, 0.15) is 59.8 Å². The Balaban J connectivity index is 1.76. The fourth-order valence-electron chi connectivity index (χ4n) is 4.17. The van der Waals surface area contributed by atoms with E-state index < -0.39 is 0 Å². The van der Waals surface area contributed by atoms with Crippen LogP contribution in [0.3, 0.4) is 0 Å². The Labute approximate surface area is 113 Å². The summed E-state index contributed by atoms with van der Waals surface area (Å²) in [5.41, 5.74) is 0.981. The van der Waals surface area contributed by atoms with Crippen molar-refractivity contribution in [2.75, 3.05) is 13.7 Å². The van der Waals surface area contributed by atoms with Crippen LogP contribution in [0, 0.1) is 16.7 Å². The van der Waals surface area contributed by atoms with E-state index in [0.717, 1.165) is 12.5 Å². The van der Waals surface area contributed by atoms with Crippen molar-refractivity contribution in [3.8, 4) is 0 Å². The quantitative estimate of drug-likeness (QED) is 0.781. The number of rotatable bonds is 6. The maximum Gasteiger partial charge on any atom is 0.0576 e. The predicted octanol–water partition coefficient (Wildman–Crippen LogP) is 3.61. The molecule has 2 unspecified atom stereocenters. The molecule has 2 heteroatoms. The summed E-state index contributed by atoms with van der Waals surface area (Å²) in [6.45, 7) is 10.7. The van der Waals surface area contributed by atoms with Gasteiger partial charge in [-0.1, -0.05) is 27.7 Å². The van der Waals surface area contributed by atoms with Gasteiger partial charge in [0.1, 0.15) is 0 Å². The summed E-state index contributed by atoms with van der Waals surface area (Å²) in [6, 6.07) is 0.677. The van der Waals surface area contributed by atoms with Crippen molar-refractivity contribution >= 4 is 0 Å². The van der Waals surface area contributed by atoms with Crippen molar-refractivity contribution in [3.63, 3.8) is 0 Å². The molecule has 2 aliphatic rings. The lowest BCUT2D eigenvalue weighted by atomic mass is 9.97. The van der Waals surface area contributed by atoms with Crippen LogP contribution < -0.4 is 5.32 Å². The Morgan fingerprint density at radius 3 is 2.33 bits per heavy atom. The number of hydrogen-bond donors (Lipinski definition) is 1. The van der Waals surface area contributed by atoms with E-state index in [1.54, 1.807) is 0 Å². The largest absolute Gasteiger partial charge is 0.378 e. The first-order chi connectivity index (χ1) is 8.41. The van der Waals surface area contributed by atoms with Crippen LogP contribution in [0.2, 0.25) is 0 Å². The molecule has 2 nitrogen and oxygen atoms in total. The summed E-state index contributed by atoms with van der Waals surface area (Å²) in [7, 11) is 2.13.